The molecule has 5 amide bonds. The number of aliphatic carboxylic acids is 1. The minimum absolute atomic E-state index is 0.0600. The smallest absolute Gasteiger partial charge is 0.304 e. The molecule has 0 bridgehead atoms. The molecular formula is C32H31N5O9S2. The molecule has 3 aromatic rings. The Labute approximate surface area is 279 Å². The van der Waals surface area contributed by atoms with Crippen molar-refractivity contribution in [2.24, 2.45) is 0 Å². The van der Waals surface area contributed by atoms with Gasteiger partial charge < -0.3 is 15.3 Å². The van der Waals surface area contributed by atoms with Gasteiger partial charge in [-0.15, -0.1) is 11.8 Å². The summed E-state index contributed by atoms with van der Waals surface area (Å²) < 4.78 is 29.0. The lowest BCUT2D eigenvalue weighted by atomic mass is 10.1. The van der Waals surface area contributed by atoms with Crippen LogP contribution in [0.1, 0.15) is 23.2 Å². The second-order valence-electron chi connectivity index (χ2n) is 11.0. The Morgan fingerprint density at radius 2 is 1.56 bits per heavy atom. The van der Waals surface area contributed by atoms with Crippen LogP contribution in [-0.2, 0) is 34.0 Å². The van der Waals surface area contributed by atoms with Gasteiger partial charge in [-0.2, -0.15) is 0 Å². The molecule has 5 rings (SSSR count). The zero-order chi connectivity index (χ0) is 34.7. The van der Waals surface area contributed by atoms with Gasteiger partial charge in [0.2, 0.25) is 21.8 Å². The molecule has 0 aliphatic carbocycles. The highest BCUT2D eigenvalue weighted by molar-refractivity contribution is 8.00. The highest BCUT2D eigenvalue weighted by atomic mass is 32.2. The molecule has 16 heteroatoms. The zero-order valence-corrected chi connectivity index (χ0v) is 27.5. The largest absolute Gasteiger partial charge is 0.481 e. The molecule has 0 radical (unpaired) electrons. The number of carbonyl (C=O) groups is 6. The van der Waals surface area contributed by atoms with Crippen LogP contribution in [0.15, 0.2) is 71.6 Å². The fourth-order valence-electron chi connectivity index (χ4n) is 5.36. The molecular weight excluding hydrogens is 663 g/mol. The number of benzene rings is 3. The Kier molecular flexibility index (Phi) is 9.98. The second kappa shape index (κ2) is 14.0. The third-order valence-electron chi connectivity index (χ3n) is 7.56. The van der Waals surface area contributed by atoms with Gasteiger partial charge in [-0.05, 0) is 30.3 Å². The number of anilines is 3. The number of thioether (sulfide) groups is 1. The highest BCUT2D eigenvalue weighted by Gasteiger charge is 2.40. The first kappa shape index (κ1) is 34.3. The van der Waals surface area contributed by atoms with Gasteiger partial charge in [0.05, 0.1) is 27.9 Å². The van der Waals surface area contributed by atoms with Crippen LogP contribution in [0.25, 0.3) is 10.8 Å². The van der Waals surface area contributed by atoms with Gasteiger partial charge in [0, 0.05) is 73.5 Å². The first-order valence-electron chi connectivity index (χ1n) is 14.7. The lowest BCUT2D eigenvalue weighted by molar-refractivity contribution is -0.136. The van der Waals surface area contributed by atoms with E-state index in [1.165, 1.54) is 24.3 Å². The van der Waals surface area contributed by atoms with Crippen molar-refractivity contribution < 1.29 is 42.3 Å². The summed E-state index contributed by atoms with van der Waals surface area (Å²) in [5, 5.41) is 11.9. The summed E-state index contributed by atoms with van der Waals surface area (Å²) in [6, 6.07) is 14.1. The number of carboxylic acids is 1. The fourth-order valence-corrected chi connectivity index (χ4v) is 7.70. The maximum atomic E-state index is 13.3. The predicted octanol–water partition coefficient (Wildman–Crippen LogP) is 1.88. The summed E-state index contributed by atoms with van der Waals surface area (Å²) in [6.45, 7) is -0.339. The number of rotatable bonds is 13. The zero-order valence-electron chi connectivity index (χ0n) is 25.8. The molecule has 0 saturated carbocycles. The fraction of sp³-hybridized carbons (Fsp3) is 0.250. The minimum Gasteiger partial charge on any atom is -0.481 e. The number of imide groups is 2. The normalized spacial score (nSPS) is 16.3. The first-order valence-corrected chi connectivity index (χ1v) is 17.2. The molecule has 250 valence electrons. The number of hydrogen-bond donors (Lipinski definition) is 3. The number of amides is 5. The Morgan fingerprint density at radius 3 is 2.23 bits per heavy atom. The lowest BCUT2D eigenvalue weighted by Gasteiger charge is -2.21. The van der Waals surface area contributed by atoms with Gasteiger partial charge in [-0.1, -0.05) is 24.3 Å². The third-order valence-corrected chi connectivity index (χ3v) is 10.3. The average molecular weight is 694 g/mol. The van der Waals surface area contributed by atoms with Gasteiger partial charge in [0.1, 0.15) is 0 Å². The van der Waals surface area contributed by atoms with Crippen molar-refractivity contribution in [3.05, 3.63) is 72.3 Å². The Bertz CT molecular complexity index is 1980. The van der Waals surface area contributed by atoms with E-state index in [4.69, 9.17) is 5.11 Å². The summed E-state index contributed by atoms with van der Waals surface area (Å²) in [5.41, 5.74) is 0.617. The molecule has 1 saturated heterocycles. The van der Waals surface area contributed by atoms with E-state index in [0.717, 1.165) is 44.8 Å². The molecule has 0 aromatic heterocycles. The van der Waals surface area contributed by atoms with Gasteiger partial charge in [-0.3, -0.25) is 28.8 Å². The first-order chi connectivity index (χ1) is 22.8. The van der Waals surface area contributed by atoms with Gasteiger partial charge in [-0.25, -0.2) is 22.9 Å². The summed E-state index contributed by atoms with van der Waals surface area (Å²) >= 11 is 1.02. The number of hydrogen-bond acceptors (Lipinski definition) is 10. The van der Waals surface area contributed by atoms with Crippen LogP contribution in [-0.4, -0.2) is 87.2 Å². The van der Waals surface area contributed by atoms with Crippen molar-refractivity contribution in [3.8, 4) is 0 Å². The monoisotopic (exact) mass is 693 g/mol. The van der Waals surface area contributed by atoms with Gasteiger partial charge in [0.15, 0.2) is 0 Å². The van der Waals surface area contributed by atoms with E-state index < -0.39 is 50.8 Å². The Morgan fingerprint density at radius 1 is 0.917 bits per heavy atom. The van der Waals surface area contributed by atoms with E-state index in [1.54, 1.807) is 18.2 Å². The van der Waals surface area contributed by atoms with Crippen molar-refractivity contribution in [3.63, 3.8) is 0 Å². The van der Waals surface area contributed by atoms with E-state index in [9.17, 15) is 37.2 Å². The number of sulfonamides is 1. The predicted molar refractivity (Wildman–Crippen MR) is 179 cm³/mol. The molecule has 1 unspecified atom stereocenters. The molecule has 14 nitrogen and oxygen atoms in total. The van der Waals surface area contributed by atoms with E-state index in [2.05, 4.69) is 10.0 Å². The van der Waals surface area contributed by atoms with Crippen molar-refractivity contribution in [2.45, 2.75) is 23.0 Å². The van der Waals surface area contributed by atoms with E-state index in [0.29, 0.717) is 5.39 Å². The number of nitrogens with zero attached hydrogens (tertiary/aromatic N) is 3. The third kappa shape index (κ3) is 7.10. The summed E-state index contributed by atoms with van der Waals surface area (Å²) in [6.07, 6.45) is 1.67. The lowest BCUT2D eigenvalue weighted by Crippen LogP contribution is -2.36. The molecule has 1 atom stereocenters. The molecule has 1 fully saturated rings. The van der Waals surface area contributed by atoms with Crippen LogP contribution >= 0.6 is 11.8 Å². The second-order valence-corrected chi connectivity index (χ2v) is 14.1. The van der Waals surface area contributed by atoms with Gasteiger partial charge in [0.25, 0.3) is 17.7 Å². The molecule has 2 heterocycles. The molecule has 2 aliphatic rings. The summed E-state index contributed by atoms with van der Waals surface area (Å²) in [7, 11) is -0.281. The quantitative estimate of drug-likeness (QED) is 0.175. The minimum atomic E-state index is -3.99. The SMILES string of the molecule is CN(C)c1cccc2c(S(=O)(=O)NCCNC(=O)c3cc(N4C(=O)C=CC4=O)cc(N4C(=O)CC(SCCC(=O)O)C4=O)c3)cccc12. The number of carboxylic acid groups (broad SMARTS) is 1. The van der Waals surface area contributed by atoms with Crippen LogP contribution in [0.2, 0.25) is 0 Å². The van der Waals surface area contributed by atoms with Crippen LogP contribution in [0.4, 0.5) is 17.1 Å². The van der Waals surface area contributed by atoms with E-state index in [-0.39, 0.29) is 53.5 Å². The van der Waals surface area contributed by atoms with Crippen LogP contribution in [0, 0.1) is 0 Å². The Hall–Kier alpha value is -5.06. The molecule has 2 aliphatic heterocycles. The summed E-state index contributed by atoms with van der Waals surface area (Å²) in [5.74, 6) is -4.28. The van der Waals surface area contributed by atoms with Crippen molar-refractivity contribution in [2.75, 3.05) is 47.6 Å². The van der Waals surface area contributed by atoms with E-state index >= 15 is 0 Å². The molecule has 3 N–H and O–H groups in total. The number of nitrogens with one attached hydrogen (secondary N) is 2. The summed E-state index contributed by atoms with van der Waals surface area (Å²) in [4.78, 5) is 78.8. The van der Waals surface area contributed by atoms with Crippen LogP contribution in [0.5, 0.6) is 0 Å². The standard InChI is InChI=1S/C32H31N5O9S2/c1-35(2)24-7-3-6-23-22(24)5-4-8-26(23)48(45,46)34-13-12-33-31(43)19-15-20(36-27(38)9-10-28(36)39)17-21(16-19)37-29(40)18-25(32(37)44)47-14-11-30(41)42/h3-10,15-17,25,34H,11-14,18H2,1-2H3,(H,33,43)(H,41,42). The molecule has 48 heavy (non-hydrogen) atoms. The number of carbonyl (C=O) groups excluding carboxylic acids is 5. The van der Waals surface area contributed by atoms with Crippen LogP contribution < -0.4 is 24.7 Å². The van der Waals surface area contributed by atoms with Crippen molar-refractivity contribution in [1.82, 2.24) is 10.0 Å². The van der Waals surface area contributed by atoms with Gasteiger partial charge >= 0.3 is 5.97 Å². The van der Waals surface area contributed by atoms with E-state index in [1.807, 2.05) is 31.1 Å². The van der Waals surface area contributed by atoms with Crippen LogP contribution in [0.3, 0.4) is 0 Å². The maximum absolute atomic E-state index is 13.3. The number of fused-ring (bicyclic) bond motifs is 1. The average Bonchev–Trinajstić information content (AvgIpc) is 3.53. The topological polar surface area (TPSA) is 191 Å². The molecule has 3 aromatic carbocycles. The van der Waals surface area contributed by atoms with Crippen molar-refractivity contribution in [1.29, 1.82) is 0 Å². The maximum Gasteiger partial charge on any atom is 0.304 e. The van der Waals surface area contributed by atoms with Crippen molar-refractivity contribution >= 4 is 85.1 Å². The highest BCUT2D eigenvalue weighted by Crippen LogP contribution is 2.34. The molecule has 0 spiro atoms. The Balaban J connectivity index is 1.33.